The SMILES string of the molecule is CNCc1cc(N(C)CC(F)(F)F)ncc1Cl. The second-order valence-corrected chi connectivity index (χ2v) is 4.04. The fraction of sp³-hybridized carbons (Fsp3) is 0.500. The number of halogens is 4. The predicted octanol–water partition coefficient (Wildman–Crippen LogP) is 2.45. The van der Waals surface area contributed by atoms with Gasteiger partial charge in [0, 0.05) is 19.8 Å². The van der Waals surface area contributed by atoms with Gasteiger partial charge in [-0.2, -0.15) is 13.2 Å². The number of pyridine rings is 1. The molecule has 0 bridgehead atoms. The van der Waals surface area contributed by atoms with Crippen LogP contribution in [0.1, 0.15) is 5.56 Å². The lowest BCUT2D eigenvalue weighted by atomic mass is 10.2. The van der Waals surface area contributed by atoms with Gasteiger partial charge in [-0.05, 0) is 18.7 Å². The van der Waals surface area contributed by atoms with E-state index in [1.165, 1.54) is 13.2 Å². The van der Waals surface area contributed by atoms with Crippen molar-refractivity contribution in [3.05, 3.63) is 22.8 Å². The Morgan fingerprint density at radius 3 is 2.65 bits per heavy atom. The Balaban J connectivity index is 2.87. The molecule has 0 aliphatic rings. The van der Waals surface area contributed by atoms with Gasteiger partial charge in [-0.3, -0.25) is 0 Å². The number of rotatable bonds is 4. The van der Waals surface area contributed by atoms with Crippen molar-refractivity contribution < 1.29 is 13.2 Å². The van der Waals surface area contributed by atoms with Crippen LogP contribution in [0.5, 0.6) is 0 Å². The van der Waals surface area contributed by atoms with Crippen molar-refractivity contribution in [3.63, 3.8) is 0 Å². The van der Waals surface area contributed by atoms with Gasteiger partial charge in [0.25, 0.3) is 0 Å². The fourth-order valence-electron chi connectivity index (χ4n) is 1.35. The molecule has 3 nitrogen and oxygen atoms in total. The summed E-state index contributed by atoms with van der Waals surface area (Å²) in [5.74, 6) is 0.247. The third-order valence-electron chi connectivity index (χ3n) is 2.10. The first-order valence-corrected chi connectivity index (χ1v) is 5.28. The van der Waals surface area contributed by atoms with Crippen molar-refractivity contribution in [1.29, 1.82) is 0 Å². The molecular formula is C10H13ClF3N3. The normalized spacial score (nSPS) is 11.6. The summed E-state index contributed by atoms with van der Waals surface area (Å²) in [4.78, 5) is 4.91. The highest BCUT2D eigenvalue weighted by Crippen LogP contribution is 2.23. The Labute approximate surface area is 103 Å². The van der Waals surface area contributed by atoms with Gasteiger partial charge in [0.15, 0.2) is 0 Å². The van der Waals surface area contributed by atoms with Crippen LogP contribution in [0, 0.1) is 0 Å². The van der Waals surface area contributed by atoms with Crippen LogP contribution in [-0.2, 0) is 6.54 Å². The Morgan fingerprint density at radius 2 is 2.12 bits per heavy atom. The third kappa shape index (κ3) is 4.40. The summed E-state index contributed by atoms with van der Waals surface area (Å²) in [5, 5.41) is 3.32. The quantitative estimate of drug-likeness (QED) is 0.908. The van der Waals surface area contributed by atoms with E-state index in [9.17, 15) is 13.2 Å². The molecule has 0 spiro atoms. The number of alkyl halides is 3. The number of hydrogen-bond acceptors (Lipinski definition) is 3. The average molecular weight is 268 g/mol. The minimum atomic E-state index is -4.25. The highest BCUT2D eigenvalue weighted by Gasteiger charge is 2.29. The molecule has 1 rings (SSSR count). The summed E-state index contributed by atoms with van der Waals surface area (Å²) in [6.07, 6.45) is -2.89. The van der Waals surface area contributed by atoms with Crippen molar-refractivity contribution >= 4 is 17.4 Å². The zero-order valence-corrected chi connectivity index (χ0v) is 10.2. The van der Waals surface area contributed by atoms with E-state index in [1.807, 2.05) is 0 Å². The van der Waals surface area contributed by atoms with Crippen LogP contribution in [0.25, 0.3) is 0 Å². The van der Waals surface area contributed by atoms with Crippen LogP contribution in [0.2, 0.25) is 5.02 Å². The Bertz CT molecular complexity index is 382. The van der Waals surface area contributed by atoms with Crippen LogP contribution in [0.15, 0.2) is 12.3 Å². The molecule has 1 heterocycles. The van der Waals surface area contributed by atoms with Crippen molar-refractivity contribution in [2.75, 3.05) is 25.5 Å². The van der Waals surface area contributed by atoms with Crippen LogP contribution in [0.3, 0.4) is 0 Å². The van der Waals surface area contributed by atoms with E-state index in [4.69, 9.17) is 11.6 Å². The molecule has 0 atom stereocenters. The van der Waals surface area contributed by atoms with Crippen LogP contribution in [0.4, 0.5) is 19.0 Å². The van der Waals surface area contributed by atoms with Gasteiger partial charge in [-0.15, -0.1) is 0 Å². The van der Waals surface area contributed by atoms with Gasteiger partial charge < -0.3 is 10.2 Å². The summed E-state index contributed by atoms with van der Waals surface area (Å²) >= 11 is 5.87. The number of nitrogens with one attached hydrogen (secondary N) is 1. The summed E-state index contributed by atoms with van der Waals surface area (Å²) in [5.41, 5.74) is 0.716. The number of anilines is 1. The molecule has 0 aliphatic heterocycles. The second kappa shape index (κ2) is 5.55. The van der Waals surface area contributed by atoms with E-state index in [0.717, 1.165) is 4.90 Å². The van der Waals surface area contributed by atoms with E-state index in [-0.39, 0.29) is 5.82 Å². The lowest BCUT2D eigenvalue weighted by Gasteiger charge is -2.20. The van der Waals surface area contributed by atoms with Crippen LogP contribution in [-0.4, -0.2) is 31.8 Å². The van der Waals surface area contributed by atoms with Crippen molar-refractivity contribution in [2.45, 2.75) is 12.7 Å². The molecule has 0 aliphatic carbocycles. The van der Waals surface area contributed by atoms with Crippen LogP contribution >= 0.6 is 11.6 Å². The van der Waals surface area contributed by atoms with Crippen molar-refractivity contribution in [2.24, 2.45) is 0 Å². The van der Waals surface area contributed by atoms with E-state index in [1.54, 1.807) is 13.1 Å². The van der Waals surface area contributed by atoms with Crippen molar-refractivity contribution in [1.82, 2.24) is 10.3 Å². The van der Waals surface area contributed by atoms with Gasteiger partial charge in [-0.25, -0.2) is 4.98 Å². The summed E-state index contributed by atoms with van der Waals surface area (Å²) in [6.45, 7) is -0.561. The zero-order valence-electron chi connectivity index (χ0n) is 9.48. The molecule has 0 radical (unpaired) electrons. The molecule has 0 saturated heterocycles. The molecule has 96 valence electrons. The van der Waals surface area contributed by atoms with E-state index in [0.29, 0.717) is 17.1 Å². The zero-order chi connectivity index (χ0) is 13.1. The molecule has 0 aromatic carbocycles. The fourth-order valence-corrected chi connectivity index (χ4v) is 1.52. The number of hydrogen-bond donors (Lipinski definition) is 1. The monoisotopic (exact) mass is 267 g/mol. The largest absolute Gasteiger partial charge is 0.405 e. The highest BCUT2D eigenvalue weighted by atomic mass is 35.5. The van der Waals surface area contributed by atoms with E-state index >= 15 is 0 Å². The Kier molecular flexibility index (Phi) is 4.59. The van der Waals surface area contributed by atoms with Crippen LogP contribution < -0.4 is 10.2 Å². The molecule has 0 amide bonds. The molecule has 1 aromatic rings. The molecular weight excluding hydrogens is 255 g/mol. The van der Waals surface area contributed by atoms with E-state index < -0.39 is 12.7 Å². The summed E-state index contributed by atoms with van der Waals surface area (Å²) in [7, 11) is 3.07. The summed E-state index contributed by atoms with van der Waals surface area (Å²) < 4.78 is 36.6. The Hall–Kier alpha value is -1.01. The first-order chi connectivity index (χ1) is 7.83. The van der Waals surface area contributed by atoms with Crippen molar-refractivity contribution in [3.8, 4) is 0 Å². The first-order valence-electron chi connectivity index (χ1n) is 4.90. The molecule has 0 fully saturated rings. The Morgan fingerprint density at radius 1 is 1.47 bits per heavy atom. The molecule has 7 heteroatoms. The first kappa shape index (κ1) is 14.1. The molecule has 17 heavy (non-hydrogen) atoms. The second-order valence-electron chi connectivity index (χ2n) is 3.64. The van der Waals surface area contributed by atoms with Gasteiger partial charge in [0.1, 0.15) is 12.4 Å². The molecule has 0 saturated carbocycles. The van der Waals surface area contributed by atoms with Gasteiger partial charge in [0.2, 0.25) is 0 Å². The lowest BCUT2D eigenvalue weighted by Crippen LogP contribution is -2.31. The minimum absolute atomic E-state index is 0.247. The topological polar surface area (TPSA) is 28.2 Å². The van der Waals surface area contributed by atoms with Gasteiger partial charge in [-0.1, -0.05) is 11.6 Å². The number of nitrogens with zero attached hydrogens (tertiary/aromatic N) is 2. The number of aromatic nitrogens is 1. The molecule has 1 aromatic heterocycles. The average Bonchev–Trinajstić information content (AvgIpc) is 2.19. The maximum atomic E-state index is 12.2. The molecule has 0 unspecified atom stereocenters. The minimum Gasteiger partial charge on any atom is -0.351 e. The van der Waals surface area contributed by atoms with Gasteiger partial charge >= 0.3 is 6.18 Å². The summed E-state index contributed by atoms with van der Waals surface area (Å²) in [6, 6.07) is 1.55. The smallest absolute Gasteiger partial charge is 0.351 e. The molecule has 1 N–H and O–H groups in total. The third-order valence-corrected chi connectivity index (χ3v) is 2.44. The van der Waals surface area contributed by atoms with Gasteiger partial charge in [0.05, 0.1) is 5.02 Å². The van der Waals surface area contributed by atoms with E-state index in [2.05, 4.69) is 10.3 Å². The standard InChI is InChI=1S/C10H13ClF3N3/c1-15-4-7-3-9(16-5-8(7)11)17(2)6-10(12,13)14/h3,5,15H,4,6H2,1-2H3. The highest BCUT2D eigenvalue weighted by molar-refractivity contribution is 6.31. The maximum Gasteiger partial charge on any atom is 0.405 e. The lowest BCUT2D eigenvalue weighted by molar-refractivity contribution is -0.119. The predicted molar refractivity (Wildman–Crippen MR) is 61.3 cm³/mol. The maximum absolute atomic E-state index is 12.2.